The molecule has 2 rings (SSSR count). The number of aromatic nitrogens is 3. The van der Waals surface area contributed by atoms with Crippen LogP contribution in [-0.2, 0) is 0 Å². The van der Waals surface area contributed by atoms with E-state index in [9.17, 15) is 0 Å². The first-order valence-corrected chi connectivity index (χ1v) is 6.43. The maximum Gasteiger partial charge on any atom is 0.324 e. The van der Waals surface area contributed by atoms with Crippen molar-refractivity contribution >= 4 is 17.5 Å². The Morgan fingerprint density at radius 2 is 1.67 bits per heavy atom. The molecular formula is C11H17ClN4O2. The van der Waals surface area contributed by atoms with E-state index in [1.54, 1.807) is 0 Å². The Labute approximate surface area is 111 Å². The molecule has 0 aromatic carbocycles. The molecule has 0 radical (unpaired) electrons. The van der Waals surface area contributed by atoms with Crippen LogP contribution in [0, 0.1) is 0 Å². The van der Waals surface area contributed by atoms with E-state index >= 15 is 0 Å². The highest BCUT2D eigenvalue weighted by Gasteiger charge is 2.33. The maximum atomic E-state index is 6.07. The Morgan fingerprint density at radius 3 is 2.11 bits per heavy atom. The van der Waals surface area contributed by atoms with Gasteiger partial charge in [-0.25, -0.2) is 0 Å². The molecule has 0 unspecified atom stereocenters. The molecule has 1 N–H and O–H groups in total. The molecule has 1 saturated carbocycles. The van der Waals surface area contributed by atoms with Crippen LogP contribution >= 0.6 is 11.6 Å². The van der Waals surface area contributed by atoms with Crippen LogP contribution < -0.4 is 14.8 Å². The van der Waals surface area contributed by atoms with Crippen molar-refractivity contribution in [1.29, 1.82) is 0 Å². The van der Waals surface area contributed by atoms with Crippen LogP contribution in [0.5, 0.6) is 12.0 Å². The second kappa shape index (κ2) is 5.56. The minimum atomic E-state index is -0.126. The van der Waals surface area contributed by atoms with Gasteiger partial charge in [0.2, 0.25) is 5.95 Å². The van der Waals surface area contributed by atoms with Crippen molar-refractivity contribution in [3.63, 3.8) is 0 Å². The first kappa shape index (κ1) is 13.1. The molecule has 7 heteroatoms. The minimum absolute atomic E-state index is 0.126. The van der Waals surface area contributed by atoms with Crippen LogP contribution in [0.3, 0.4) is 0 Å². The Hall–Kier alpha value is -1.30. The zero-order valence-corrected chi connectivity index (χ0v) is 11.3. The molecule has 18 heavy (non-hydrogen) atoms. The summed E-state index contributed by atoms with van der Waals surface area (Å²) in [4.78, 5) is 12.3. The normalized spacial score (nSPS) is 17.5. The van der Waals surface area contributed by atoms with Crippen molar-refractivity contribution in [1.82, 2.24) is 15.0 Å². The summed E-state index contributed by atoms with van der Waals surface area (Å²) in [5, 5.41) is 3.30. The van der Waals surface area contributed by atoms with Gasteiger partial charge in [0, 0.05) is 5.88 Å². The van der Waals surface area contributed by atoms with Crippen molar-refractivity contribution in [2.45, 2.75) is 31.2 Å². The minimum Gasteiger partial charge on any atom is -0.467 e. The number of halogens is 1. The lowest BCUT2D eigenvalue weighted by atomic mass is 10.0. The fourth-order valence-electron chi connectivity index (χ4n) is 2.16. The summed E-state index contributed by atoms with van der Waals surface area (Å²) in [5.41, 5.74) is -0.126. The van der Waals surface area contributed by atoms with Crippen LogP contribution in [0.1, 0.15) is 25.7 Å². The van der Waals surface area contributed by atoms with Gasteiger partial charge in [-0.3, -0.25) is 0 Å². The molecule has 1 aromatic heterocycles. The smallest absolute Gasteiger partial charge is 0.324 e. The van der Waals surface area contributed by atoms with Crippen LogP contribution in [0.2, 0.25) is 0 Å². The molecule has 0 amide bonds. The van der Waals surface area contributed by atoms with Crippen molar-refractivity contribution in [3.8, 4) is 12.0 Å². The van der Waals surface area contributed by atoms with Gasteiger partial charge in [0.05, 0.1) is 19.8 Å². The number of hydrogen-bond donors (Lipinski definition) is 1. The molecule has 1 aliphatic rings. The fraction of sp³-hybridized carbons (Fsp3) is 0.727. The molecule has 1 fully saturated rings. The van der Waals surface area contributed by atoms with Crippen LogP contribution in [0.4, 0.5) is 5.95 Å². The van der Waals surface area contributed by atoms with Gasteiger partial charge >= 0.3 is 12.0 Å². The Morgan fingerprint density at radius 1 is 1.11 bits per heavy atom. The van der Waals surface area contributed by atoms with Crippen molar-refractivity contribution in [2.24, 2.45) is 0 Å². The zero-order valence-electron chi connectivity index (χ0n) is 10.6. The standard InChI is InChI=1S/C11H17ClN4O2/c1-17-9-13-8(14-10(15-9)18-2)16-11(7-12)5-3-4-6-11/h3-7H2,1-2H3,(H,13,14,15,16). The lowest BCUT2D eigenvalue weighted by Crippen LogP contribution is -2.37. The first-order chi connectivity index (χ1) is 8.71. The molecular weight excluding hydrogens is 256 g/mol. The van der Waals surface area contributed by atoms with Gasteiger partial charge in [-0.05, 0) is 12.8 Å². The zero-order chi connectivity index (χ0) is 13.0. The molecule has 0 atom stereocenters. The number of anilines is 1. The lowest BCUT2D eigenvalue weighted by molar-refractivity contribution is 0.340. The summed E-state index contributed by atoms with van der Waals surface area (Å²) in [6, 6.07) is 0.458. The summed E-state index contributed by atoms with van der Waals surface area (Å²) in [6.07, 6.45) is 4.37. The van der Waals surface area contributed by atoms with Gasteiger partial charge in [0.25, 0.3) is 0 Å². The summed E-state index contributed by atoms with van der Waals surface area (Å²) < 4.78 is 10.0. The molecule has 100 valence electrons. The van der Waals surface area contributed by atoms with Gasteiger partial charge in [0.15, 0.2) is 0 Å². The molecule has 0 saturated heterocycles. The topological polar surface area (TPSA) is 69.2 Å². The molecule has 1 heterocycles. The summed E-state index contributed by atoms with van der Waals surface area (Å²) in [7, 11) is 3.01. The van der Waals surface area contributed by atoms with Crippen molar-refractivity contribution < 1.29 is 9.47 Å². The van der Waals surface area contributed by atoms with Gasteiger partial charge in [-0.1, -0.05) is 12.8 Å². The van der Waals surface area contributed by atoms with E-state index in [1.807, 2.05) is 0 Å². The van der Waals surface area contributed by atoms with E-state index in [2.05, 4.69) is 20.3 Å². The summed E-state index contributed by atoms with van der Waals surface area (Å²) in [5.74, 6) is 0.977. The Balaban J connectivity index is 2.21. The van der Waals surface area contributed by atoms with Crippen molar-refractivity contribution in [3.05, 3.63) is 0 Å². The molecule has 0 bridgehead atoms. The number of hydrogen-bond acceptors (Lipinski definition) is 6. The second-order valence-corrected chi connectivity index (χ2v) is 4.65. The fourth-order valence-corrected chi connectivity index (χ4v) is 2.49. The van der Waals surface area contributed by atoms with Gasteiger partial charge in [0.1, 0.15) is 0 Å². The van der Waals surface area contributed by atoms with Crippen LogP contribution in [-0.4, -0.2) is 40.6 Å². The van der Waals surface area contributed by atoms with E-state index in [0.29, 0.717) is 11.8 Å². The molecule has 1 aliphatic carbocycles. The van der Waals surface area contributed by atoms with E-state index in [1.165, 1.54) is 27.1 Å². The highest BCUT2D eigenvalue weighted by Crippen LogP contribution is 2.33. The highest BCUT2D eigenvalue weighted by atomic mass is 35.5. The summed E-state index contributed by atoms with van der Waals surface area (Å²) >= 11 is 6.07. The predicted octanol–water partition coefficient (Wildman–Crippen LogP) is 1.85. The third-order valence-corrected chi connectivity index (χ3v) is 3.66. The average Bonchev–Trinajstić information content (AvgIpc) is 2.87. The Bertz CT molecular complexity index is 388. The highest BCUT2D eigenvalue weighted by molar-refractivity contribution is 6.18. The average molecular weight is 273 g/mol. The molecule has 0 aliphatic heterocycles. The summed E-state index contributed by atoms with van der Waals surface area (Å²) in [6.45, 7) is 0. The molecule has 0 spiro atoms. The predicted molar refractivity (Wildman–Crippen MR) is 68.5 cm³/mol. The van der Waals surface area contributed by atoms with E-state index in [4.69, 9.17) is 21.1 Å². The lowest BCUT2D eigenvalue weighted by Gasteiger charge is -2.27. The monoisotopic (exact) mass is 272 g/mol. The van der Waals surface area contributed by atoms with Crippen LogP contribution in [0.25, 0.3) is 0 Å². The number of ether oxygens (including phenoxy) is 2. The molecule has 6 nitrogen and oxygen atoms in total. The number of nitrogens with zero attached hydrogens (tertiary/aromatic N) is 3. The number of alkyl halides is 1. The second-order valence-electron chi connectivity index (χ2n) is 4.38. The van der Waals surface area contributed by atoms with Crippen molar-refractivity contribution in [2.75, 3.05) is 25.4 Å². The maximum absolute atomic E-state index is 6.07. The van der Waals surface area contributed by atoms with E-state index in [0.717, 1.165) is 12.8 Å². The first-order valence-electron chi connectivity index (χ1n) is 5.89. The number of rotatable bonds is 5. The quantitative estimate of drug-likeness (QED) is 0.825. The third-order valence-electron chi connectivity index (χ3n) is 3.15. The van der Waals surface area contributed by atoms with Crippen LogP contribution in [0.15, 0.2) is 0 Å². The van der Waals surface area contributed by atoms with Gasteiger partial charge in [-0.2, -0.15) is 9.97 Å². The molecule has 1 aromatic rings. The number of nitrogens with one attached hydrogen (secondary N) is 1. The van der Waals surface area contributed by atoms with E-state index < -0.39 is 0 Å². The van der Waals surface area contributed by atoms with Gasteiger partial charge < -0.3 is 14.8 Å². The SMILES string of the molecule is COc1nc(NC2(CCl)CCCC2)nc(OC)n1. The number of methoxy groups -OCH3 is 2. The Kier molecular flexibility index (Phi) is 4.06. The van der Waals surface area contributed by atoms with Gasteiger partial charge in [-0.15, -0.1) is 16.6 Å². The van der Waals surface area contributed by atoms with E-state index in [-0.39, 0.29) is 17.6 Å². The largest absolute Gasteiger partial charge is 0.467 e. The third kappa shape index (κ3) is 2.75.